The molecule has 1 N–H and O–H groups in total. The zero-order valence-corrected chi connectivity index (χ0v) is 16.4. The van der Waals surface area contributed by atoms with Crippen LogP contribution in [0.2, 0.25) is 0 Å². The van der Waals surface area contributed by atoms with Crippen molar-refractivity contribution in [3.63, 3.8) is 0 Å². The highest BCUT2D eigenvalue weighted by molar-refractivity contribution is 5.80. The molecule has 136 valence electrons. The summed E-state index contributed by atoms with van der Waals surface area (Å²) >= 11 is 0. The Labute approximate surface area is 151 Å². The monoisotopic (exact) mass is 342 g/mol. The molecule has 0 aromatic heterocycles. The van der Waals surface area contributed by atoms with Crippen molar-refractivity contribution >= 4 is 5.97 Å². The fourth-order valence-electron chi connectivity index (χ4n) is 6.20. The molecule has 0 spiro atoms. The average molecular weight is 342 g/mol. The maximum atomic E-state index is 11.1. The van der Waals surface area contributed by atoms with E-state index < -0.39 is 5.97 Å². The van der Waals surface area contributed by atoms with E-state index in [9.17, 15) is 4.79 Å². The van der Waals surface area contributed by atoms with Gasteiger partial charge in [0.1, 0.15) is 0 Å². The highest BCUT2D eigenvalue weighted by atomic mass is 16.5. The first-order valence-corrected chi connectivity index (χ1v) is 9.10. The highest BCUT2D eigenvalue weighted by Crippen LogP contribution is 2.71. The van der Waals surface area contributed by atoms with Gasteiger partial charge in [0.05, 0.1) is 12.2 Å². The smallest absolute Gasteiger partial charge is 0.328 e. The van der Waals surface area contributed by atoms with Crippen LogP contribution in [0.4, 0.5) is 0 Å². The van der Waals surface area contributed by atoms with Crippen molar-refractivity contribution in [2.75, 3.05) is 0 Å². The molecule has 0 saturated carbocycles. The van der Waals surface area contributed by atoms with E-state index >= 15 is 0 Å². The third-order valence-electron chi connectivity index (χ3n) is 7.13. The first-order valence-electron chi connectivity index (χ1n) is 9.10. The summed E-state index contributed by atoms with van der Waals surface area (Å²) in [6, 6.07) is 0. The van der Waals surface area contributed by atoms with E-state index in [4.69, 9.17) is 9.84 Å². The minimum Gasteiger partial charge on any atom is -0.478 e. The standard InChI is InChI=1S/C22H30O3/c1-8-13(2)18-21(6)12-14(3)17-20(5,10-9-16(23)24)11-15(4)19(25-18)22(17,21)7/h8-12,17-19H,1-7H3,(H,23,24)/b10-9+,13-8+/t17-,18+,19?,20-,21+,22-/m1/s1. The maximum absolute atomic E-state index is 11.1. The van der Waals surface area contributed by atoms with Crippen LogP contribution >= 0.6 is 0 Å². The lowest BCUT2D eigenvalue weighted by molar-refractivity contribution is -0.131. The number of allylic oxidation sites excluding steroid dienone is 4. The summed E-state index contributed by atoms with van der Waals surface area (Å²) in [7, 11) is 0. The van der Waals surface area contributed by atoms with Crippen molar-refractivity contribution in [1.29, 1.82) is 0 Å². The Balaban J connectivity index is 2.21. The van der Waals surface area contributed by atoms with Gasteiger partial charge in [-0.25, -0.2) is 4.79 Å². The van der Waals surface area contributed by atoms with E-state index in [0.29, 0.717) is 0 Å². The normalized spacial score (nSPS) is 46.2. The van der Waals surface area contributed by atoms with Gasteiger partial charge >= 0.3 is 5.97 Å². The molecule has 3 aliphatic rings. The van der Waals surface area contributed by atoms with Crippen molar-refractivity contribution in [2.45, 2.75) is 60.7 Å². The van der Waals surface area contributed by atoms with E-state index in [1.54, 1.807) is 0 Å². The second kappa shape index (κ2) is 5.44. The lowest BCUT2D eigenvalue weighted by Crippen LogP contribution is -2.51. The van der Waals surface area contributed by atoms with Crippen LogP contribution in [0.15, 0.2) is 47.1 Å². The van der Waals surface area contributed by atoms with Crippen molar-refractivity contribution in [1.82, 2.24) is 0 Å². The van der Waals surface area contributed by atoms with Gasteiger partial charge < -0.3 is 9.84 Å². The average Bonchev–Trinajstić information content (AvgIpc) is 2.86. The Hall–Kier alpha value is -1.61. The number of carboxylic acids is 1. The molecule has 0 aromatic carbocycles. The second-order valence-electron chi connectivity index (χ2n) is 8.74. The molecule has 0 aromatic rings. The molecule has 1 aliphatic heterocycles. The second-order valence-corrected chi connectivity index (χ2v) is 8.74. The van der Waals surface area contributed by atoms with E-state index in [-0.39, 0.29) is 34.4 Å². The van der Waals surface area contributed by atoms with Gasteiger partial charge in [-0.05, 0) is 38.8 Å². The Bertz CT molecular complexity index is 740. The van der Waals surface area contributed by atoms with Crippen LogP contribution in [0.1, 0.15) is 48.5 Å². The predicted molar refractivity (Wildman–Crippen MR) is 100 cm³/mol. The number of carboxylic acid groups (broad SMARTS) is 1. The molecule has 3 nitrogen and oxygen atoms in total. The highest BCUT2D eigenvalue weighted by Gasteiger charge is 2.70. The lowest BCUT2D eigenvalue weighted by atomic mass is 9.50. The minimum absolute atomic E-state index is 0.0570. The predicted octanol–water partition coefficient (Wildman–Crippen LogP) is 4.92. The number of aliphatic carboxylic acids is 1. The fraction of sp³-hybridized carbons (Fsp3) is 0.591. The van der Waals surface area contributed by atoms with E-state index in [0.717, 1.165) is 0 Å². The van der Waals surface area contributed by atoms with Gasteiger partial charge in [0, 0.05) is 28.2 Å². The fourth-order valence-corrected chi connectivity index (χ4v) is 6.20. The van der Waals surface area contributed by atoms with Crippen molar-refractivity contribution in [3.8, 4) is 0 Å². The summed E-state index contributed by atoms with van der Waals surface area (Å²) in [6.45, 7) is 15.3. The van der Waals surface area contributed by atoms with Crippen LogP contribution < -0.4 is 0 Å². The van der Waals surface area contributed by atoms with Crippen molar-refractivity contribution in [3.05, 3.63) is 47.1 Å². The van der Waals surface area contributed by atoms with Gasteiger partial charge in [-0.3, -0.25) is 0 Å². The van der Waals surface area contributed by atoms with Crippen LogP contribution in [0.3, 0.4) is 0 Å². The van der Waals surface area contributed by atoms with Crippen LogP contribution in [0.5, 0.6) is 0 Å². The van der Waals surface area contributed by atoms with Gasteiger partial charge in [-0.15, -0.1) is 0 Å². The Morgan fingerprint density at radius 1 is 1.20 bits per heavy atom. The van der Waals surface area contributed by atoms with Gasteiger partial charge in [-0.2, -0.15) is 0 Å². The van der Waals surface area contributed by atoms with Crippen LogP contribution in [-0.2, 0) is 9.53 Å². The van der Waals surface area contributed by atoms with Gasteiger partial charge in [0.25, 0.3) is 0 Å². The number of hydrogen-bond acceptors (Lipinski definition) is 2. The summed E-state index contributed by atoms with van der Waals surface area (Å²) in [5, 5.41) is 9.15. The minimum atomic E-state index is -0.896. The van der Waals surface area contributed by atoms with Gasteiger partial charge in [0.2, 0.25) is 0 Å². The summed E-state index contributed by atoms with van der Waals surface area (Å²) < 4.78 is 6.62. The molecule has 1 fully saturated rings. The summed E-state index contributed by atoms with van der Waals surface area (Å²) in [5.74, 6) is -0.670. The zero-order chi connectivity index (χ0) is 18.8. The molecule has 1 heterocycles. The van der Waals surface area contributed by atoms with E-state index in [2.05, 4.69) is 66.7 Å². The Kier molecular flexibility index (Phi) is 3.96. The topological polar surface area (TPSA) is 46.5 Å². The first kappa shape index (κ1) is 18.2. The molecule has 1 unspecified atom stereocenters. The summed E-state index contributed by atoms with van der Waals surface area (Å²) in [5.41, 5.74) is 3.29. The molecule has 0 radical (unpaired) electrons. The third-order valence-corrected chi connectivity index (χ3v) is 7.13. The SMILES string of the molecule is C/C=C(\C)[C@@H]1OC2C(C)=C[C@@](C)(/C=C/C(=O)O)[C@H]3C(C)=C[C@]1(C)[C@@]23C. The Morgan fingerprint density at radius 3 is 2.40 bits per heavy atom. The molecule has 6 atom stereocenters. The Morgan fingerprint density at radius 2 is 1.84 bits per heavy atom. The largest absolute Gasteiger partial charge is 0.478 e. The summed E-state index contributed by atoms with van der Waals surface area (Å²) in [6.07, 6.45) is 10.0. The summed E-state index contributed by atoms with van der Waals surface area (Å²) in [4.78, 5) is 11.1. The van der Waals surface area contributed by atoms with Crippen molar-refractivity contribution < 1.29 is 14.6 Å². The first-order chi connectivity index (χ1) is 11.5. The van der Waals surface area contributed by atoms with Crippen LogP contribution in [-0.4, -0.2) is 23.3 Å². The molecule has 3 rings (SSSR count). The molecule has 2 aliphatic carbocycles. The molecular weight excluding hydrogens is 312 g/mol. The number of rotatable bonds is 3. The zero-order valence-electron chi connectivity index (χ0n) is 16.4. The molecule has 1 saturated heterocycles. The number of ether oxygens (including phenoxy) is 1. The third kappa shape index (κ3) is 2.18. The van der Waals surface area contributed by atoms with E-state index in [1.165, 1.54) is 22.8 Å². The molecule has 0 bridgehead atoms. The quantitative estimate of drug-likeness (QED) is 0.585. The van der Waals surface area contributed by atoms with Gasteiger partial charge in [-0.1, -0.05) is 50.6 Å². The van der Waals surface area contributed by atoms with Gasteiger partial charge in [0.15, 0.2) is 0 Å². The molecular formula is C22H30O3. The van der Waals surface area contributed by atoms with E-state index in [1.807, 2.05) is 6.08 Å². The van der Waals surface area contributed by atoms with Crippen LogP contribution in [0.25, 0.3) is 0 Å². The lowest BCUT2D eigenvalue weighted by Gasteiger charge is -2.52. The van der Waals surface area contributed by atoms with Crippen LogP contribution in [0, 0.1) is 22.2 Å². The molecule has 0 amide bonds. The number of carbonyl (C=O) groups is 1. The molecule has 25 heavy (non-hydrogen) atoms. The molecule has 3 heteroatoms. The number of hydrogen-bond donors (Lipinski definition) is 1. The van der Waals surface area contributed by atoms with Crippen molar-refractivity contribution in [2.24, 2.45) is 22.2 Å². The maximum Gasteiger partial charge on any atom is 0.328 e.